The van der Waals surface area contributed by atoms with Gasteiger partial charge >= 0.3 is 0 Å². The number of likely N-dealkylation sites (tertiary alicyclic amines) is 2. The van der Waals surface area contributed by atoms with Crippen LogP contribution in [0.5, 0.6) is 5.75 Å². The summed E-state index contributed by atoms with van der Waals surface area (Å²) in [6.45, 7) is 4.90. The van der Waals surface area contributed by atoms with Crippen LogP contribution in [0.3, 0.4) is 0 Å². The van der Waals surface area contributed by atoms with Crippen LogP contribution in [0, 0.1) is 0 Å². The van der Waals surface area contributed by atoms with Gasteiger partial charge in [0.2, 0.25) is 0 Å². The lowest BCUT2D eigenvalue weighted by Gasteiger charge is -2.30. The van der Waals surface area contributed by atoms with Crippen molar-refractivity contribution in [2.45, 2.75) is 37.8 Å². The van der Waals surface area contributed by atoms with Crippen LogP contribution in [0.15, 0.2) is 30.3 Å². The fourth-order valence-corrected chi connectivity index (χ4v) is 4.04. The van der Waals surface area contributed by atoms with E-state index in [1.54, 1.807) is 0 Å². The summed E-state index contributed by atoms with van der Waals surface area (Å²) >= 11 is 0. The minimum Gasteiger partial charge on any atom is -0.486 e. The maximum Gasteiger partial charge on any atom is 0.188 e. The van der Waals surface area contributed by atoms with E-state index < -0.39 is 0 Å². The highest BCUT2D eigenvalue weighted by molar-refractivity contribution is 5.21. The number of benzene rings is 1. The summed E-state index contributed by atoms with van der Waals surface area (Å²) < 4.78 is 8.13. The van der Waals surface area contributed by atoms with Gasteiger partial charge in [-0.15, -0.1) is 0 Å². The van der Waals surface area contributed by atoms with Crippen molar-refractivity contribution in [3.63, 3.8) is 0 Å². The Morgan fingerprint density at radius 3 is 2.42 bits per heavy atom. The van der Waals surface area contributed by atoms with E-state index in [-0.39, 0.29) is 0 Å². The highest BCUT2D eigenvalue weighted by atomic mass is 16.5. The maximum absolute atomic E-state index is 5.89. The predicted molar refractivity (Wildman–Crippen MR) is 101 cm³/mol. The normalized spacial score (nSPS) is 22.8. The molecule has 2 saturated heterocycles. The van der Waals surface area contributed by atoms with Crippen molar-refractivity contribution in [3.8, 4) is 5.75 Å². The van der Waals surface area contributed by atoms with Crippen molar-refractivity contribution in [3.05, 3.63) is 42.0 Å². The van der Waals surface area contributed by atoms with E-state index in [9.17, 15) is 0 Å². The average Bonchev–Trinajstić information content (AvgIpc) is 3.28. The second-order valence-corrected chi connectivity index (χ2v) is 7.71. The van der Waals surface area contributed by atoms with Crippen LogP contribution in [0.25, 0.3) is 0 Å². The Morgan fingerprint density at radius 2 is 1.73 bits per heavy atom. The molecule has 0 radical (unpaired) electrons. The zero-order valence-electron chi connectivity index (χ0n) is 15.8. The van der Waals surface area contributed by atoms with Gasteiger partial charge < -0.3 is 14.5 Å². The molecule has 2 aliphatic heterocycles. The summed E-state index contributed by atoms with van der Waals surface area (Å²) in [6.07, 6.45) is 3.46. The lowest BCUT2D eigenvalue weighted by atomic mass is 10.0. The molecule has 0 aliphatic carbocycles. The van der Waals surface area contributed by atoms with Gasteiger partial charge in [0.15, 0.2) is 5.82 Å². The molecule has 2 aliphatic rings. The van der Waals surface area contributed by atoms with Gasteiger partial charge in [0.1, 0.15) is 18.2 Å². The number of para-hydroxylation sites is 1. The molecule has 26 heavy (non-hydrogen) atoms. The van der Waals surface area contributed by atoms with E-state index >= 15 is 0 Å². The number of hydrogen-bond acceptors (Lipinski definition) is 5. The molecule has 0 spiro atoms. The van der Waals surface area contributed by atoms with Crippen molar-refractivity contribution in [2.24, 2.45) is 0 Å². The standard InChI is InChI=1S/C20H29N5O/c1-23-12-9-17(10-13-23)25-20(16-8-11-24(2)14-16)21-19(22-25)15-26-18-6-4-3-5-7-18/h3-7,16-17H,8-15H2,1-2H3/t16-/m0/s1. The van der Waals surface area contributed by atoms with Crippen LogP contribution >= 0.6 is 0 Å². The number of hydrogen-bond donors (Lipinski definition) is 0. The minimum atomic E-state index is 0.430. The Hall–Kier alpha value is -1.92. The van der Waals surface area contributed by atoms with E-state index in [0.29, 0.717) is 18.6 Å². The Bertz CT molecular complexity index is 708. The summed E-state index contributed by atoms with van der Waals surface area (Å²) in [6, 6.07) is 10.4. The number of aromatic nitrogens is 3. The SMILES string of the molecule is CN1CCC(n2nc(COc3ccccc3)nc2[C@H]2CCN(C)C2)CC1. The molecule has 0 bridgehead atoms. The third-order valence-corrected chi connectivity index (χ3v) is 5.60. The second-order valence-electron chi connectivity index (χ2n) is 7.71. The van der Waals surface area contributed by atoms with Crippen LogP contribution in [0.4, 0.5) is 0 Å². The van der Waals surface area contributed by atoms with Crippen LogP contribution in [0.2, 0.25) is 0 Å². The Labute approximate surface area is 155 Å². The molecule has 1 aromatic carbocycles. The minimum absolute atomic E-state index is 0.430. The van der Waals surface area contributed by atoms with Crippen LogP contribution < -0.4 is 4.74 Å². The van der Waals surface area contributed by atoms with Gasteiger partial charge in [-0.3, -0.25) is 0 Å². The molecule has 140 valence electrons. The van der Waals surface area contributed by atoms with Crippen molar-refractivity contribution < 1.29 is 4.74 Å². The molecule has 4 rings (SSSR count). The average molecular weight is 355 g/mol. The van der Waals surface area contributed by atoms with Gasteiger partial charge in [0.05, 0.1) is 6.04 Å². The van der Waals surface area contributed by atoms with Crippen LogP contribution in [0.1, 0.15) is 42.9 Å². The lowest BCUT2D eigenvalue weighted by molar-refractivity contribution is 0.206. The molecular weight excluding hydrogens is 326 g/mol. The van der Waals surface area contributed by atoms with E-state index in [1.807, 2.05) is 30.3 Å². The van der Waals surface area contributed by atoms with Crippen molar-refractivity contribution in [1.82, 2.24) is 24.6 Å². The van der Waals surface area contributed by atoms with E-state index in [4.69, 9.17) is 14.8 Å². The summed E-state index contributed by atoms with van der Waals surface area (Å²) in [7, 11) is 4.39. The zero-order chi connectivity index (χ0) is 17.9. The molecule has 6 heteroatoms. The molecule has 6 nitrogen and oxygen atoms in total. The Kier molecular flexibility index (Phi) is 5.22. The van der Waals surface area contributed by atoms with E-state index in [2.05, 4.69) is 28.6 Å². The highest BCUT2D eigenvalue weighted by Crippen LogP contribution is 2.30. The van der Waals surface area contributed by atoms with E-state index in [1.165, 1.54) is 6.42 Å². The third kappa shape index (κ3) is 3.91. The van der Waals surface area contributed by atoms with E-state index in [0.717, 1.165) is 56.4 Å². The van der Waals surface area contributed by atoms with Crippen molar-refractivity contribution >= 4 is 0 Å². The van der Waals surface area contributed by atoms with Gasteiger partial charge in [-0.1, -0.05) is 18.2 Å². The van der Waals surface area contributed by atoms with Crippen molar-refractivity contribution in [2.75, 3.05) is 40.3 Å². The molecule has 2 aromatic rings. The summed E-state index contributed by atoms with van der Waals surface area (Å²) in [5, 5.41) is 4.89. The Balaban J connectivity index is 1.53. The third-order valence-electron chi connectivity index (χ3n) is 5.60. The summed E-state index contributed by atoms with van der Waals surface area (Å²) in [5.41, 5.74) is 0. The summed E-state index contributed by atoms with van der Waals surface area (Å²) in [4.78, 5) is 9.71. The molecule has 2 fully saturated rings. The molecule has 0 N–H and O–H groups in total. The van der Waals surface area contributed by atoms with Gasteiger partial charge in [0, 0.05) is 12.5 Å². The molecule has 1 aromatic heterocycles. The first-order valence-electron chi connectivity index (χ1n) is 9.69. The van der Waals surface area contributed by atoms with Gasteiger partial charge in [-0.25, -0.2) is 9.67 Å². The lowest BCUT2D eigenvalue weighted by Crippen LogP contribution is -2.33. The molecular formula is C20H29N5O. The fourth-order valence-electron chi connectivity index (χ4n) is 4.04. The van der Waals surface area contributed by atoms with Gasteiger partial charge in [-0.2, -0.15) is 5.10 Å². The largest absolute Gasteiger partial charge is 0.486 e. The number of piperidine rings is 1. The quantitative estimate of drug-likeness (QED) is 0.825. The molecule has 3 heterocycles. The highest BCUT2D eigenvalue weighted by Gasteiger charge is 2.30. The topological polar surface area (TPSA) is 46.4 Å². The van der Waals surface area contributed by atoms with Crippen molar-refractivity contribution in [1.29, 1.82) is 0 Å². The van der Waals surface area contributed by atoms with Crippen LogP contribution in [-0.4, -0.2) is 64.8 Å². The van der Waals surface area contributed by atoms with Gasteiger partial charge in [0.25, 0.3) is 0 Å². The summed E-state index contributed by atoms with van der Waals surface area (Å²) in [5.74, 6) is 3.32. The second kappa shape index (κ2) is 7.76. The zero-order valence-corrected chi connectivity index (χ0v) is 15.8. The number of rotatable bonds is 5. The molecule has 1 atom stereocenters. The maximum atomic E-state index is 5.89. The monoisotopic (exact) mass is 355 g/mol. The number of nitrogens with zero attached hydrogens (tertiary/aromatic N) is 5. The van der Waals surface area contributed by atoms with Gasteiger partial charge in [-0.05, 0) is 65.1 Å². The molecule has 0 amide bonds. The first kappa shape index (κ1) is 17.5. The molecule has 0 saturated carbocycles. The smallest absolute Gasteiger partial charge is 0.188 e. The number of ether oxygens (including phenoxy) is 1. The Morgan fingerprint density at radius 1 is 1.00 bits per heavy atom. The van der Waals surface area contributed by atoms with Crippen LogP contribution in [-0.2, 0) is 6.61 Å². The fraction of sp³-hybridized carbons (Fsp3) is 0.600. The predicted octanol–water partition coefficient (Wildman–Crippen LogP) is 2.54. The first-order valence-corrected chi connectivity index (χ1v) is 9.69. The first-order chi connectivity index (χ1) is 12.7. The molecule has 0 unspecified atom stereocenters. The number of likely N-dealkylation sites (N-methyl/N-ethyl adjacent to an activating group) is 1.